The summed E-state index contributed by atoms with van der Waals surface area (Å²) in [6.07, 6.45) is 1.86. The summed E-state index contributed by atoms with van der Waals surface area (Å²) < 4.78 is 0. The maximum absolute atomic E-state index is 13.5. The zero-order valence-corrected chi connectivity index (χ0v) is 18.7. The fourth-order valence-corrected chi connectivity index (χ4v) is 5.66. The molecule has 1 fully saturated rings. The molecular formula is C25H25N3O7. The highest BCUT2D eigenvalue weighted by Gasteiger charge is 2.60. The number of aliphatic hydroxyl groups is 3. The lowest BCUT2D eigenvalue weighted by molar-refractivity contribution is -0.147. The van der Waals surface area contributed by atoms with Crippen LogP contribution in [-0.4, -0.2) is 48.5 Å². The molecule has 1 saturated carbocycles. The molecule has 1 aromatic heterocycles. The predicted octanol–water partition coefficient (Wildman–Crippen LogP) is 1.04. The van der Waals surface area contributed by atoms with E-state index in [2.05, 4.69) is 10.3 Å². The number of fused-ring (bicyclic) bond motifs is 3. The second-order valence-electron chi connectivity index (χ2n) is 9.30. The third-order valence-electron chi connectivity index (χ3n) is 7.34. The number of phenols is 1. The van der Waals surface area contributed by atoms with Gasteiger partial charge in [-0.1, -0.05) is 6.07 Å². The molecule has 35 heavy (non-hydrogen) atoms. The van der Waals surface area contributed by atoms with E-state index in [0.717, 1.165) is 11.3 Å². The molecule has 3 aliphatic rings. The maximum atomic E-state index is 13.5. The number of aromatic hydroxyl groups is 1. The van der Waals surface area contributed by atoms with E-state index in [4.69, 9.17) is 5.73 Å². The van der Waals surface area contributed by atoms with E-state index in [0.29, 0.717) is 18.7 Å². The summed E-state index contributed by atoms with van der Waals surface area (Å²) in [5.74, 6) is -6.31. The van der Waals surface area contributed by atoms with Crippen LogP contribution in [0.5, 0.6) is 5.75 Å². The first-order chi connectivity index (χ1) is 16.6. The number of hydrogen-bond donors (Lipinski definition) is 7. The van der Waals surface area contributed by atoms with E-state index in [9.17, 15) is 34.8 Å². The van der Waals surface area contributed by atoms with E-state index < -0.39 is 52.0 Å². The van der Waals surface area contributed by atoms with Crippen LogP contribution in [0.15, 0.2) is 47.4 Å². The van der Waals surface area contributed by atoms with Crippen LogP contribution in [0.1, 0.15) is 35.2 Å². The van der Waals surface area contributed by atoms with Crippen molar-refractivity contribution < 1.29 is 34.8 Å². The Morgan fingerprint density at radius 2 is 1.91 bits per heavy atom. The Morgan fingerprint density at radius 1 is 1.14 bits per heavy atom. The van der Waals surface area contributed by atoms with Crippen LogP contribution in [0.3, 0.4) is 0 Å². The molecule has 3 aliphatic carbocycles. The van der Waals surface area contributed by atoms with Crippen molar-refractivity contribution in [1.29, 1.82) is 0 Å². The van der Waals surface area contributed by atoms with Crippen LogP contribution in [0.4, 0.5) is 0 Å². The largest absolute Gasteiger partial charge is 0.508 e. The van der Waals surface area contributed by atoms with Crippen LogP contribution in [0, 0.1) is 11.8 Å². The van der Waals surface area contributed by atoms with Crippen molar-refractivity contribution in [3.8, 4) is 5.75 Å². The smallest absolute Gasteiger partial charge is 0.255 e. The molecule has 1 amide bonds. The molecule has 10 nitrogen and oxygen atoms in total. The summed E-state index contributed by atoms with van der Waals surface area (Å²) in [5, 5.41) is 46.8. The number of hydrogen-bond acceptors (Lipinski definition) is 8. The maximum Gasteiger partial charge on any atom is 0.255 e. The number of phenolic OH excluding ortho intramolecular Hbond substituents is 1. The molecule has 2 aromatic rings. The number of nitrogens with one attached hydrogen (secondary N) is 2. The van der Waals surface area contributed by atoms with Crippen molar-refractivity contribution >= 4 is 23.2 Å². The Bertz CT molecular complexity index is 1320. The number of carbonyl (C=O) groups is 3. The van der Waals surface area contributed by atoms with Crippen LogP contribution < -0.4 is 11.1 Å². The highest BCUT2D eigenvalue weighted by molar-refractivity contribution is 6.22. The number of amides is 1. The van der Waals surface area contributed by atoms with Gasteiger partial charge in [0, 0.05) is 42.9 Å². The van der Waals surface area contributed by atoms with Gasteiger partial charge in [-0.25, -0.2) is 0 Å². The molecule has 0 saturated heterocycles. The standard InChI is InChI=1S/C25H25N3O7/c26-24(34)20-17(30)8-13-6-12-7-15-11(9-27-10-14-2-1-5-28-14)3-4-16(29)19(15)21(31)18(12)22(32)25(13,35)23(20)33/h1-5,12-13,27-29,31,33,35H,6-10H2,(H2,26,34). The zero-order chi connectivity index (χ0) is 25.1. The Hall–Kier alpha value is -3.89. The molecule has 1 aromatic carbocycles. The van der Waals surface area contributed by atoms with E-state index in [1.807, 2.05) is 18.3 Å². The Balaban J connectivity index is 1.55. The zero-order valence-electron chi connectivity index (χ0n) is 18.7. The minimum Gasteiger partial charge on any atom is -0.508 e. The number of Topliss-reactive ketones (excluding diaryl/α,β-unsaturated/α-hetero) is 2. The molecule has 5 rings (SSSR count). The molecule has 8 N–H and O–H groups in total. The molecule has 0 bridgehead atoms. The molecule has 1 heterocycles. The van der Waals surface area contributed by atoms with Crippen molar-refractivity contribution in [2.24, 2.45) is 17.6 Å². The number of rotatable bonds is 5. The van der Waals surface area contributed by atoms with Gasteiger partial charge in [-0.2, -0.15) is 0 Å². The van der Waals surface area contributed by atoms with E-state index in [-0.39, 0.29) is 36.1 Å². The number of aromatic nitrogens is 1. The van der Waals surface area contributed by atoms with Gasteiger partial charge < -0.3 is 36.5 Å². The average molecular weight is 479 g/mol. The van der Waals surface area contributed by atoms with Crippen molar-refractivity contribution in [3.05, 3.63) is 69.8 Å². The van der Waals surface area contributed by atoms with Crippen LogP contribution in [0.25, 0.3) is 5.76 Å². The fraction of sp³-hybridized carbons (Fsp3) is 0.320. The topological polar surface area (TPSA) is 186 Å². The lowest BCUT2D eigenvalue weighted by Crippen LogP contribution is -2.58. The fourth-order valence-electron chi connectivity index (χ4n) is 5.66. The number of aliphatic hydroxyl groups excluding tert-OH is 2. The first kappa shape index (κ1) is 22.9. The molecule has 182 valence electrons. The van der Waals surface area contributed by atoms with Gasteiger partial charge in [0.1, 0.15) is 22.8 Å². The molecule has 0 radical (unpaired) electrons. The van der Waals surface area contributed by atoms with E-state index in [1.54, 1.807) is 6.07 Å². The number of carbonyl (C=O) groups excluding carboxylic acids is 3. The molecule has 0 spiro atoms. The minimum atomic E-state index is -2.56. The van der Waals surface area contributed by atoms with Gasteiger partial charge in [-0.3, -0.25) is 14.4 Å². The van der Waals surface area contributed by atoms with Gasteiger partial charge in [0.25, 0.3) is 5.91 Å². The highest BCUT2D eigenvalue weighted by Crippen LogP contribution is 2.52. The summed E-state index contributed by atoms with van der Waals surface area (Å²) in [5.41, 5.74) is 4.27. The molecule has 0 aliphatic heterocycles. The van der Waals surface area contributed by atoms with Crippen molar-refractivity contribution in [2.45, 2.75) is 38.0 Å². The monoisotopic (exact) mass is 479 g/mol. The summed E-state index contributed by atoms with van der Waals surface area (Å²) in [6, 6.07) is 7.00. The molecule has 3 atom stereocenters. The average Bonchev–Trinajstić information content (AvgIpc) is 3.31. The summed E-state index contributed by atoms with van der Waals surface area (Å²) >= 11 is 0. The van der Waals surface area contributed by atoms with Crippen molar-refractivity contribution in [3.63, 3.8) is 0 Å². The van der Waals surface area contributed by atoms with E-state index in [1.165, 1.54) is 6.07 Å². The second kappa shape index (κ2) is 8.10. The minimum absolute atomic E-state index is 0.0938. The Morgan fingerprint density at radius 3 is 2.60 bits per heavy atom. The Kier molecular flexibility index (Phi) is 5.30. The first-order valence-corrected chi connectivity index (χ1v) is 11.3. The van der Waals surface area contributed by atoms with Gasteiger partial charge in [0.15, 0.2) is 11.4 Å². The predicted molar refractivity (Wildman–Crippen MR) is 123 cm³/mol. The van der Waals surface area contributed by atoms with Crippen LogP contribution >= 0.6 is 0 Å². The lowest BCUT2D eigenvalue weighted by atomic mass is 9.59. The van der Waals surface area contributed by atoms with Crippen molar-refractivity contribution in [2.75, 3.05) is 0 Å². The van der Waals surface area contributed by atoms with Gasteiger partial charge in [0.05, 0.1) is 5.56 Å². The third kappa shape index (κ3) is 3.36. The third-order valence-corrected chi connectivity index (χ3v) is 7.34. The van der Waals surface area contributed by atoms with Crippen LogP contribution in [-0.2, 0) is 33.9 Å². The quantitative estimate of drug-likeness (QED) is 0.310. The number of primary amides is 1. The lowest BCUT2D eigenvalue weighted by Gasteiger charge is -2.46. The number of ketones is 2. The molecule has 10 heteroatoms. The van der Waals surface area contributed by atoms with Gasteiger partial charge >= 0.3 is 0 Å². The van der Waals surface area contributed by atoms with Crippen LogP contribution in [0.2, 0.25) is 0 Å². The molecule has 3 unspecified atom stereocenters. The van der Waals surface area contributed by atoms with Gasteiger partial charge in [0.2, 0.25) is 5.78 Å². The first-order valence-electron chi connectivity index (χ1n) is 11.3. The summed E-state index contributed by atoms with van der Waals surface area (Å²) in [6.45, 7) is 1.00. The highest BCUT2D eigenvalue weighted by atomic mass is 16.3. The second-order valence-corrected chi connectivity index (χ2v) is 9.30. The number of aromatic amines is 1. The number of nitrogens with two attached hydrogens (primary N) is 1. The number of H-pyrrole nitrogens is 1. The molecular weight excluding hydrogens is 454 g/mol. The van der Waals surface area contributed by atoms with Gasteiger partial charge in [-0.05, 0) is 48.1 Å². The Labute approximate surface area is 199 Å². The van der Waals surface area contributed by atoms with E-state index >= 15 is 0 Å². The normalized spacial score (nSPS) is 25.9. The number of benzene rings is 1. The summed E-state index contributed by atoms with van der Waals surface area (Å²) in [4.78, 5) is 40.7. The summed E-state index contributed by atoms with van der Waals surface area (Å²) in [7, 11) is 0. The van der Waals surface area contributed by atoms with Crippen molar-refractivity contribution in [1.82, 2.24) is 10.3 Å². The van der Waals surface area contributed by atoms with Gasteiger partial charge in [-0.15, -0.1) is 0 Å². The SMILES string of the molecule is NC(=O)C1=C(O)C2(O)C(=O)C3=C(O)c4c(O)ccc(CNCc5ccc[nH]5)c4CC3CC2CC1=O.